The van der Waals surface area contributed by atoms with Gasteiger partial charge in [-0.25, -0.2) is 14.6 Å². The Bertz CT molecular complexity index is 926. The molecule has 0 saturated carbocycles. The number of rotatable bonds is 5. The summed E-state index contributed by atoms with van der Waals surface area (Å²) in [5.41, 5.74) is 1.65. The molecule has 27 heavy (non-hydrogen) atoms. The number of hydrogen-bond acceptors (Lipinski definition) is 6. The molecule has 138 valence electrons. The number of aliphatic imine (C=N–C) groups is 1. The summed E-state index contributed by atoms with van der Waals surface area (Å²) in [5, 5.41) is 0. The zero-order chi connectivity index (χ0) is 19.4. The van der Waals surface area contributed by atoms with Gasteiger partial charge in [-0.15, -0.1) is 0 Å². The second kappa shape index (κ2) is 7.86. The van der Waals surface area contributed by atoms with Gasteiger partial charge in [-0.05, 0) is 55.8 Å². The van der Waals surface area contributed by atoms with E-state index in [1.54, 1.807) is 48.5 Å². The van der Waals surface area contributed by atoms with Gasteiger partial charge >= 0.3 is 11.9 Å². The van der Waals surface area contributed by atoms with Crippen molar-refractivity contribution in [1.29, 1.82) is 0 Å². The molecular formula is C21H19NO5. The van der Waals surface area contributed by atoms with Gasteiger partial charge in [0.1, 0.15) is 5.75 Å². The molecule has 0 bridgehead atoms. The van der Waals surface area contributed by atoms with Gasteiger partial charge in [-0.3, -0.25) is 0 Å². The number of ether oxygens (including phenoxy) is 3. The predicted octanol–water partition coefficient (Wildman–Crippen LogP) is 3.60. The molecular weight excluding hydrogens is 346 g/mol. The molecule has 0 spiro atoms. The smallest absolute Gasteiger partial charge is 0.363 e. The summed E-state index contributed by atoms with van der Waals surface area (Å²) >= 11 is 0. The molecule has 6 nitrogen and oxygen atoms in total. The minimum absolute atomic E-state index is 0.0712. The lowest BCUT2D eigenvalue weighted by Gasteiger charge is -2.09. The lowest BCUT2D eigenvalue weighted by atomic mass is 10.1. The Kier molecular flexibility index (Phi) is 5.35. The summed E-state index contributed by atoms with van der Waals surface area (Å²) in [7, 11) is 1.30. The van der Waals surface area contributed by atoms with E-state index in [-0.39, 0.29) is 17.7 Å². The van der Waals surface area contributed by atoms with Crippen molar-refractivity contribution in [2.75, 3.05) is 7.11 Å². The quantitative estimate of drug-likeness (QED) is 0.598. The molecule has 0 amide bonds. The molecule has 1 aliphatic heterocycles. The third-order valence-electron chi connectivity index (χ3n) is 3.75. The number of esters is 2. The second-order valence-electron chi connectivity index (χ2n) is 6.11. The molecule has 2 aromatic carbocycles. The van der Waals surface area contributed by atoms with Crippen LogP contribution in [0.25, 0.3) is 6.08 Å². The van der Waals surface area contributed by atoms with Gasteiger partial charge in [-0.1, -0.05) is 18.2 Å². The van der Waals surface area contributed by atoms with E-state index in [4.69, 9.17) is 14.2 Å². The molecule has 0 aromatic heterocycles. The number of carbonyl (C=O) groups excluding carboxylic acids is 2. The van der Waals surface area contributed by atoms with Crippen molar-refractivity contribution in [3.05, 3.63) is 70.9 Å². The number of carbonyl (C=O) groups is 2. The van der Waals surface area contributed by atoms with E-state index in [0.717, 1.165) is 5.75 Å². The van der Waals surface area contributed by atoms with Gasteiger partial charge in [0.2, 0.25) is 5.90 Å². The molecule has 1 aliphatic rings. The standard InChI is InChI=1S/C21H19NO5/c1-13(2)26-16-10-8-14(9-11-16)19-22-18(21(24)27-19)12-15-6-4-5-7-17(15)20(23)25-3/h4-13H,1-3H3/b18-12+. The van der Waals surface area contributed by atoms with E-state index in [9.17, 15) is 9.59 Å². The zero-order valence-electron chi connectivity index (χ0n) is 15.3. The largest absolute Gasteiger partial charge is 0.491 e. The number of hydrogen-bond donors (Lipinski definition) is 0. The monoisotopic (exact) mass is 365 g/mol. The van der Waals surface area contributed by atoms with Crippen LogP contribution in [-0.2, 0) is 14.3 Å². The Morgan fingerprint density at radius 2 is 1.81 bits per heavy atom. The van der Waals surface area contributed by atoms with Crippen LogP contribution >= 0.6 is 0 Å². The van der Waals surface area contributed by atoms with Crippen molar-refractivity contribution in [1.82, 2.24) is 0 Å². The number of methoxy groups -OCH3 is 1. The predicted molar refractivity (Wildman–Crippen MR) is 101 cm³/mol. The van der Waals surface area contributed by atoms with Crippen LogP contribution in [0.4, 0.5) is 0 Å². The van der Waals surface area contributed by atoms with Crippen molar-refractivity contribution in [2.45, 2.75) is 20.0 Å². The molecule has 0 fully saturated rings. The summed E-state index contributed by atoms with van der Waals surface area (Å²) in [4.78, 5) is 28.3. The van der Waals surface area contributed by atoms with Crippen LogP contribution in [0.2, 0.25) is 0 Å². The van der Waals surface area contributed by atoms with Crippen LogP contribution in [0.15, 0.2) is 59.2 Å². The van der Waals surface area contributed by atoms with Crippen LogP contribution in [0.5, 0.6) is 5.75 Å². The number of benzene rings is 2. The lowest BCUT2D eigenvalue weighted by Crippen LogP contribution is -2.07. The first-order valence-corrected chi connectivity index (χ1v) is 8.45. The minimum atomic E-state index is -0.577. The summed E-state index contributed by atoms with van der Waals surface area (Å²) in [6.07, 6.45) is 1.58. The highest BCUT2D eigenvalue weighted by Gasteiger charge is 2.25. The summed E-state index contributed by atoms with van der Waals surface area (Å²) in [6, 6.07) is 13.9. The van der Waals surface area contributed by atoms with Crippen molar-refractivity contribution < 1.29 is 23.8 Å². The molecule has 0 N–H and O–H groups in total. The van der Waals surface area contributed by atoms with Gasteiger partial charge in [0, 0.05) is 5.56 Å². The van der Waals surface area contributed by atoms with Crippen molar-refractivity contribution in [2.24, 2.45) is 4.99 Å². The van der Waals surface area contributed by atoms with Crippen molar-refractivity contribution >= 4 is 23.9 Å². The first-order valence-electron chi connectivity index (χ1n) is 8.45. The highest BCUT2D eigenvalue weighted by molar-refractivity contribution is 6.13. The van der Waals surface area contributed by atoms with Gasteiger partial charge in [0.25, 0.3) is 0 Å². The zero-order valence-corrected chi connectivity index (χ0v) is 15.3. The van der Waals surface area contributed by atoms with E-state index in [2.05, 4.69) is 4.99 Å². The topological polar surface area (TPSA) is 74.2 Å². The van der Waals surface area contributed by atoms with Gasteiger partial charge in [0.05, 0.1) is 18.8 Å². The Labute approximate surface area is 157 Å². The van der Waals surface area contributed by atoms with Crippen molar-refractivity contribution in [3.8, 4) is 5.75 Å². The van der Waals surface area contributed by atoms with E-state index in [1.165, 1.54) is 13.2 Å². The molecule has 1 heterocycles. The molecule has 3 rings (SSSR count). The van der Waals surface area contributed by atoms with E-state index < -0.39 is 11.9 Å². The molecule has 0 aliphatic carbocycles. The third kappa shape index (κ3) is 4.23. The van der Waals surface area contributed by atoms with Gasteiger partial charge in [0.15, 0.2) is 5.70 Å². The second-order valence-corrected chi connectivity index (χ2v) is 6.11. The maximum atomic E-state index is 12.2. The van der Waals surface area contributed by atoms with Crippen LogP contribution in [0.3, 0.4) is 0 Å². The fraction of sp³-hybridized carbons (Fsp3) is 0.190. The summed E-state index contributed by atoms with van der Waals surface area (Å²) in [6.45, 7) is 3.89. The van der Waals surface area contributed by atoms with E-state index in [1.807, 2.05) is 13.8 Å². The average molecular weight is 365 g/mol. The van der Waals surface area contributed by atoms with Crippen LogP contribution < -0.4 is 4.74 Å². The summed E-state index contributed by atoms with van der Waals surface area (Å²) < 4.78 is 15.6. The molecule has 0 unspecified atom stereocenters. The van der Waals surface area contributed by atoms with E-state index >= 15 is 0 Å². The summed E-state index contributed by atoms with van der Waals surface area (Å²) in [5.74, 6) is -0.134. The molecule has 0 radical (unpaired) electrons. The van der Waals surface area contributed by atoms with Crippen LogP contribution in [0, 0.1) is 0 Å². The van der Waals surface area contributed by atoms with Gasteiger partial charge < -0.3 is 14.2 Å². The molecule has 2 aromatic rings. The third-order valence-corrected chi connectivity index (χ3v) is 3.75. The SMILES string of the molecule is COC(=O)c1ccccc1/C=C1/N=C(c2ccc(OC(C)C)cc2)OC1=O. The van der Waals surface area contributed by atoms with Crippen LogP contribution in [-0.4, -0.2) is 31.1 Å². The number of nitrogens with zero attached hydrogens (tertiary/aromatic N) is 1. The van der Waals surface area contributed by atoms with Crippen LogP contribution in [0.1, 0.15) is 35.3 Å². The van der Waals surface area contributed by atoms with E-state index in [0.29, 0.717) is 16.7 Å². The highest BCUT2D eigenvalue weighted by atomic mass is 16.6. The highest BCUT2D eigenvalue weighted by Crippen LogP contribution is 2.22. The first-order chi connectivity index (χ1) is 13.0. The fourth-order valence-corrected chi connectivity index (χ4v) is 2.55. The Morgan fingerprint density at radius 3 is 2.48 bits per heavy atom. The molecule has 6 heteroatoms. The average Bonchev–Trinajstić information content (AvgIpc) is 3.02. The fourth-order valence-electron chi connectivity index (χ4n) is 2.55. The molecule has 0 atom stereocenters. The Balaban J connectivity index is 1.89. The Hall–Kier alpha value is -3.41. The van der Waals surface area contributed by atoms with Crippen molar-refractivity contribution in [3.63, 3.8) is 0 Å². The number of cyclic esters (lactones) is 1. The normalized spacial score (nSPS) is 14.9. The molecule has 0 saturated heterocycles. The maximum absolute atomic E-state index is 12.2. The van der Waals surface area contributed by atoms with Gasteiger partial charge in [-0.2, -0.15) is 0 Å². The maximum Gasteiger partial charge on any atom is 0.363 e. The first kappa shape index (κ1) is 18.4. The minimum Gasteiger partial charge on any atom is -0.491 e. The lowest BCUT2D eigenvalue weighted by molar-refractivity contribution is -0.129. The Morgan fingerprint density at radius 1 is 1.11 bits per heavy atom.